The summed E-state index contributed by atoms with van der Waals surface area (Å²) in [7, 11) is 0. The number of nitrogens with zero attached hydrogens (tertiary/aromatic N) is 2. The van der Waals surface area contributed by atoms with Gasteiger partial charge in [0.05, 0.1) is 17.1 Å². The van der Waals surface area contributed by atoms with E-state index in [1.807, 2.05) is 0 Å². The predicted octanol–water partition coefficient (Wildman–Crippen LogP) is 2.79. The topological polar surface area (TPSA) is 59.0 Å². The highest BCUT2D eigenvalue weighted by atomic mass is 19.1. The minimum Gasteiger partial charge on any atom is -0.346 e. The van der Waals surface area contributed by atoms with Crippen molar-refractivity contribution in [3.05, 3.63) is 65.6 Å². The van der Waals surface area contributed by atoms with Crippen molar-refractivity contribution >= 4 is 16.8 Å². The molecule has 1 aromatic carbocycles. The third-order valence-corrected chi connectivity index (χ3v) is 4.97. The Balaban J connectivity index is 1.69. The third kappa shape index (κ3) is 3.60. The second-order valence-electron chi connectivity index (χ2n) is 6.88. The van der Waals surface area contributed by atoms with Gasteiger partial charge in [0.25, 0.3) is 5.91 Å². The second kappa shape index (κ2) is 7.63. The lowest BCUT2D eigenvalue weighted by Crippen LogP contribution is -2.50. The van der Waals surface area contributed by atoms with Gasteiger partial charge in [-0.3, -0.25) is 4.79 Å². The zero-order chi connectivity index (χ0) is 19.7. The average molecular weight is 388 g/mol. The van der Waals surface area contributed by atoms with Crippen molar-refractivity contribution in [3.8, 4) is 0 Å². The number of carbonyl (C=O) groups is 1. The Hall–Kier alpha value is -2.87. The Bertz CT molecular complexity index is 1020. The third-order valence-electron chi connectivity index (χ3n) is 4.97. The molecule has 1 amide bonds. The van der Waals surface area contributed by atoms with Crippen LogP contribution in [-0.2, 0) is 6.54 Å². The molecule has 4 rings (SSSR count). The van der Waals surface area contributed by atoms with Crippen LogP contribution in [0, 0.1) is 11.8 Å². The summed E-state index contributed by atoms with van der Waals surface area (Å²) in [4.78, 5) is 16.3. The van der Waals surface area contributed by atoms with E-state index in [0.717, 1.165) is 0 Å². The van der Waals surface area contributed by atoms with Gasteiger partial charge >= 0.3 is 0 Å². The molecule has 28 heavy (non-hydrogen) atoms. The van der Waals surface area contributed by atoms with E-state index >= 15 is 0 Å². The molecule has 3 aromatic rings. The molecule has 1 fully saturated rings. The molecule has 1 saturated heterocycles. The van der Waals surface area contributed by atoms with Crippen LogP contribution in [0.3, 0.4) is 0 Å². The smallest absolute Gasteiger partial charge is 0.253 e. The Morgan fingerprint density at radius 2 is 2.18 bits per heavy atom. The molecular formula is C20H19F3N4O. The molecule has 0 spiro atoms. The summed E-state index contributed by atoms with van der Waals surface area (Å²) in [5.74, 6) is -1.67. The summed E-state index contributed by atoms with van der Waals surface area (Å²) < 4.78 is 43.7. The van der Waals surface area contributed by atoms with E-state index in [1.54, 1.807) is 22.8 Å². The number of hydrogen-bond acceptors (Lipinski definition) is 3. The van der Waals surface area contributed by atoms with Crippen LogP contribution in [0.1, 0.15) is 22.3 Å². The fourth-order valence-electron chi connectivity index (χ4n) is 3.58. The molecule has 2 aromatic heterocycles. The molecule has 0 bridgehead atoms. The molecule has 2 N–H and O–H groups in total. The summed E-state index contributed by atoms with van der Waals surface area (Å²) in [5.41, 5.74) is 1.26. The first kappa shape index (κ1) is 18.5. The van der Waals surface area contributed by atoms with Crippen LogP contribution in [0.25, 0.3) is 10.9 Å². The highest BCUT2D eigenvalue weighted by molar-refractivity contribution is 6.07. The maximum Gasteiger partial charge on any atom is 0.253 e. The van der Waals surface area contributed by atoms with Crippen molar-refractivity contribution in [2.45, 2.75) is 25.2 Å². The number of hydrogen-bond donors (Lipinski definition) is 2. The SMILES string of the molecule is O=C(NC1CCNCC1F)c1cn(Cc2ccnc(F)c2)c2cccc(F)c12. The maximum atomic E-state index is 14.5. The Labute approximate surface area is 159 Å². The zero-order valence-corrected chi connectivity index (χ0v) is 15.0. The summed E-state index contributed by atoms with van der Waals surface area (Å²) in [5, 5.41) is 5.78. The Kier molecular flexibility index (Phi) is 5.04. The number of benzene rings is 1. The van der Waals surface area contributed by atoms with Crippen LogP contribution in [-0.4, -0.2) is 40.8 Å². The minimum atomic E-state index is -1.20. The first-order chi connectivity index (χ1) is 13.5. The molecule has 5 nitrogen and oxygen atoms in total. The number of rotatable bonds is 4. The largest absolute Gasteiger partial charge is 0.346 e. The average Bonchev–Trinajstić information content (AvgIpc) is 3.04. The van der Waals surface area contributed by atoms with Crippen molar-refractivity contribution in [2.75, 3.05) is 13.1 Å². The molecule has 1 aliphatic heterocycles. The van der Waals surface area contributed by atoms with Gasteiger partial charge in [-0.1, -0.05) is 6.07 Å². The number of nitrogens with one attached hydrogen (secondary N) is 2. The van der Waals surface area contributed by atoms with E-state index in [9.17, 15) is 18.0 Å². The molecule has 146 valence electrons. The first-order valence-corrected chi connectivity index (χ1v) is 9.06. The molecule has 0 saturated carbocycles. The molecule has 1 aliphatic rings. The molecule has 3 heterocycles. The Morgan fingerprint density at radius 3 is 2.96 bits per heavy atom. The number of pyridine rings is 1. The van der Waals surface area contributed by atoms with Crippen molar-refractivity contribution in [3.63, 3.8) is 0 Å². The number of alkyl halides is 1. The van der Waals surface area contributed by atoms with Crippen LogP contribution in [0.2, 0.25) is 0 Å². The van der Waals surface area contributed by atoms with Crippen LogP contribution in [0.15, 0.2) is 42.7 Å². The maximum absolute atomic E-state index is 14.5. The number of halogens is 3. The van der Waals surface area contributed by atoms with Crippen LogP contribution in [0.4, 0.5) is 13.2 Å². The standard InChI is InChI=1S/C20H19F3N4O/c21-14-2-1-3-17-19(14)13(20(28)26-16-5-6-24-9-15(16)22)11-27(17)10-12-4-7-25-18(23)8-12/h1-4,7-8,11,15-16,24H,5-6,9-10H2,(H,26,28). The summed E-state index contributed by atoms with van der Waals surface area (Å²) in [6.45, 7) is 1.02. The lowest BCUT2D eigenvalue weighted by Gasteiger charge is -2.27. The number of piperidine rings is 1. The van der Waals surface area contributed by atoms with Gasteiger partial charge in [-0.25, -0.2) is 13.8 Å². The number of fused-ring (bicyclic) bond motifs is 1. The molecular weight excluding hydrogens is 369 g/mol. The summed E-state index contributed by atoms with van der Waals surface area (Å²) in [6.07, 6.45) is 2.14. The highest BCUT2D eigenvalue weighted by Crippen LogP contribution is 2.26. The molecule has 0 aliphatic carbocycles. The molecule has 2 atom stereocenters. The quantitative estimate of drug-likeness (QED) is 0.676. The molecule has 2 unspecified atom stereocenters. The summed E-state index contributed by atoms with van der Waals surface area (Å²) >= 11 is 0. The second-order valence-corrected chi connectivity index (χ2v) is 6.88. The number of amides is 1. The number of aromatic nitrogens is 2. The van der Waals surface area contributed by atoms with Crippen molar-refractivity contribution in [1.82, 2.24) is 20.2 Å². The van der Waals surface area contributed by atoms with E-state index < -0.39 is 29.9 Å². The van der Waals surface area contributed by atoms with Crippen LogP contribution < -0.4 is 10.6 Å². The normalized spacial score (nSPS) is 19.7. The predicted molar refractivity (Wildman–Crippen MR) is 98.8 cm³/mol. The van der Waals surface area contributed by atoms with Crippen molar-refractivity contribution in [1.29, 1.82) is 0 Å². The van der Waals surface area contributed by atoms with Gasteiger partial charge in [0.2, 0.25) is 5.95 Å². The molecule has 0 radical (unpaired) electrons. The van der Waals surface area contributed by atoms with Gasteiger partial charge < -0.3 is 15.2 Å². The van der Waals surface area contributed by atoms with Crippen molar-refractivity contribution < 1.29 is 18.0 Å². The zero-order valence-electron chi connectivity index (χ0n) is 15.0. The van der Waals surface area contributed by atoms with E-state index in [-0.39, 0.29) is 24.0 Å². The van der Waals surface area contributed by atoms with E-state index in [1.165, 1.54) is 24.5 Å². The van der Waals surface area contributed by atoms with Crippen LogP contribution in [0.5, 0.6) is 0 Å². The lowest BCUT2D eigenvalue weighted by molar-refractivity contribution is 0.0893. The summed E-state index contributed by atoms with van der Waals surface area (Å²) in [6, 6.07) is 6.83. The van der Waals surface area contributed by atoms with Crippen molar-refractivity contribution in [2.24, 2.45) is 0 Å². The minimum absolute atomic E-state index is 0.133. The van der Waals surface area contributed by atoms with Gasteiger partial charge in [0, 0.05) is 30.9 Å². The highest BCUT2D eigenvalue weighted by Gasteiger charge is 2.28. The van der Waals surface area contributed by atoms with Gasteiger partial charge in [0.1, 0.15) is 12.0 Å². The van der Waals surface area contributed by atoms with Gasteiger partial charge in [-0.2, -0.15) is 4.39 Å². The fraction of sp³-hybridized carbons (Fsp3) is 0.300. The Morgan fingerprint density at radius 1 is 1.32 bits per heavy atom. The first-order valence-electron chi connectivity index (χ1n) is 9.06. The fourth-order valence-corrected chi connectivity index (χ4v) is 3.58. The van der Waals surface area contributed by atoms with Gasteiger partial charge in [-0.05, 0) is 42.8 Å². The van der Waals surface area contributed by atoms with Gasteiger partial charge in [0.15, 0.2) is 0 Å². The van der Waals surface area contributed by atoms with E-state index in [2.05, 4.69) is 15.6 Å². The lowest BCUT2D eigenvalue weighted by atomic mass is 10.0. The van der Waals surface area contributed by atoms with Gasteiger partial charge in [-0.15, -0.1) is 0 Å². The monoisotopic (exact) mass is 388 g/mol. The number of carbonyl (C=O) groups excluding carboxylic acids is 1. The van der Waals surface area contributed by atoms with E-state index in [4.69, 9.17) is 0 Å². The van der Waals surface area contributed by atoms with Crippen LogP contribution >= 0.6 is 0 Å². The molecule has 8 heteroatoms. The van der Waals surface area contributed by atoms with E-state index in [0.29, 0.717) is 24.0 Å².